The van der Waals surface area contributed by atoms with E-state index in [2.05, 4.69) is 19.2 Å². The molecule has 0 bridgehead atoms. The van der Waals surface area contributed by atoms with Crippen molar-refractivity contribution in [3.05, 3.63) is 0 Å². The Hall–Kier alpha value is -0.700. The van der Waals surface area contributed by atoms with Gasteiger partial charge in [-0.05, 0) is 12.8 Å². The molecule has 0 aromatic rings. The van der Waals surface area contributed by atoms with E-state index in [-0.39, 0.29) is 12.8 Å². The molecule has 0 heterocycles. The molecule has 1 aliphatic rings. The Morgan fingerprint density at radius 1 is 0.517 bits per heavy atom. The number of phosphoric acid groups is 1. The second-order valence-electron chi connectivity index (χ2n) is 17.9. The predicted octanol–water partition coefficient (Wildman–Crippen LogP) is 8.43. The molecule has 8 atom stereocenters. The minimum atomic E-state index is -5.11. The zero-order valence-electron chi connectivity index (χ0n) is 37.9. The summed E-state index contributed by atoms with van der Waals surface area (Å²) in [5, 5.41) is 74.7. The van der Waals surface area contributed by atoms with E-state index >= 15 is 0 Å². The van der Waals surface area contributed by atoms with E-state index in [9.17, 15) is 50.0 Å². The maximum absolute atomic E-state index is 13.0. The number of aliphatic hydroxyl groups is 7. The monoisotopic (exact) mass is 882 g/mol. The molecular weight excluding hydrogens is 789 g/mol. The lowest BCUT2D eigenvalue weighted by atomic mass is 9.85. The lowest BCUT2D eigenvalue weighted by Gasteiger charge is -2.41. The highest BCUT2D eigenvalue weighted by molar-refractivity contribution is 7.47. The maximum Gasteiger partial charge on any atom is 0.472 e. The minimum Gasteiger partial charge on any atom is -0.393 e. The van der Waals surface area contributed by atoms with Gasteiger partial charge in [-0.25, -0.2) is 4.57 Å². The third-order valence-corrected chi connectivity index (χ3v) is 13.2. The molecule has 0 saturated heterocycles. The predicted molar refractivity (Wildman–Crippen MR) is 238 cm³/mol. The van der Waals surface area contributed by atoms with Gasteiger partial charge in [0, 0.05) is 0 Å². The Labute approximate surface area is 364 Å². The van der Waals surface area contributed by atoms with Crippen LogP contribution in [0.15, 0.2) is 0 Å². The molecule has 0 radical (unpaired) electrons. The second-order valence-corrected chi connectivity index (χ2v) is 19.3. The standard InChI is InChI=1S/C46H92NO12P/c1-3-5-7-9-11-13-15-17-19-21-23-25-27-29-31-33-37(48)35-40(50)47-38(36-58-60(56,57)59-46-44(54)42(52)41(51)43(53)45(46)55)39(49)34-32-30-28-26-24-22-20-18-16-14-12-10-8-6-4-2/h37-39,41-46,48-49,51-55H,3-36H2,1-2H3,(H,47,50)(H,56,57). The SMILES string of the molecule is CCCCCCCCCCCCCCCCCC(O)CC(=O)NC(COP(=O)(O)OC1C(O)C(O)C(O)C(O)C1O)C(O)CCCCCCCCCCCCCCCCC. The number of rotatable bonds is 41. The molecule has 358 valence electrons. The van der Waals surface area contributed by atoms with Crippen LogP contribution in [0.3, 0.4) is 0 Å². The first-order chi connectivity index (χ1) is 28.8. The van der Waals surface area contributed by atoms with Gasteiger partial charge in [-0.15, -0.1) is 0 Å². The molecule has 14 heteroatoms. The van der Waals surface area contributed by atoms with Gasteiger partial charge in [0.1, 0.15) is 36.6 Å². The number of carbonyl (C=O) groups excluding carboxylic acids is 1. The van der Waals surface area contributed by atoms with Crippen LogP contribution in [-0.2, 0) is 18.4 Å². The van der Waals surface area contributed by atoms with E-state index in [0.717, 1.165) is 51.4 Å². The highest BCUT2D eigenvalue weighted by Crippen LogP contribution is 2.47. The molecule has 0 aromatic carbocycles. The van der Waals surface area contributed by atoms with Gasteiger partial charge in [0.05, 0.1) is 31.3 Å². The van der Waals surface area contributed by atoms with Crippen LogP contribution in [0, 0.1) is 0 Å². The van der Waals surface area contributed by atoms with Crippen LogP contribution < -0.4 is 5.32 Å². The van der Waals surface area contributed by atoms with Crippen LogP contribution in [0.25, 0.3) is 0 Å². The van der Waals surface area contributed by atoms with Gasteiger partial charge in [-0.3, -0.25) is 13.8 Å². The lowest BCUT2D eigenvalue weighted by Crippen LogP contribution is -2.64. The summed E-state index contributed by atoms with van der Waals surface area (Å²) in [4.78, 5) is 23.5. The van der Waals surface area contributed by atoms with Gasteiger partial charge >= 0.3 is 7.82 Å². The van der Waals surface area contributed by atoms with Crippen molar-refractivity contribution in [3.8, 4) is 0 Å². The second kappa shape index (κ2) is 36.6. The third kappa shape index (κ3) is 28.2. The van der Waals surface area contributed by atoms with E-state index in [0.29, 0.717) is 12.8 Å². The van der Waals surface area contributed by atoms with Crippen LogP contribution in [0.1, 0.15) is 226 Å². The number of aliphatic hydroxyl groups excluding tert-OH is 7. The first kappa shape index (κ1) is 57.3. The summed E-state index contributed by atoms with van der Waals surface area (Å²) in [5.74, 6) is -0.556. The van der Waals surface area contributed by atoms with Crippen molar-refractivity contribution in [1.82, 2.24) is 5.32 Å². The Kier molecular flexibility index (Phi) is 35.0. The fourth-order valence-electron chi connectivity index (χ4n) is 8.19. The summed E-state index contributed by atoms with van der Waals surface area (Å²) >= 11 is 0. The summed E-state index contributed by atoms with van der Waals surface area (Å²) in [5.41, 5.74) is 0. The van der Waals surface area contributed by atoms with E-state index in [4.69, 9.17) is 9.05 Å². The van der Waals surface area contributed by atoms with Gasteiger partial charge in [0.25, 0.3) is 0 Å². The van der Waals surface area contributed by atoms with Crippen molar-refractivity contribution in [2.24, 2.45) is 0 Å². The Morgan fingerprint density at radius 2 is 0.833 bits per heavy atom. The Morgan fingerprint density at radius 3 is 1.20 bits per heavy atom. The smallest absolute Gasteiger partial charge is 0.393 e. The summed E-state index contributed by atoms with van der Waals surface area (Å²) in [6.45, 7) is 3.81. The van der Waals surface area contributed by atoms with Gasteiger partial charge in [-0.1, -0.05) is 206 Å². The molecule has 0 aliphatic heterocycles. The van der Waals surface area contributed by atoms with E-state index in [1.54, 1.807) is 0 Å². The third-order valence-electron chi connectivity index (χ3n) is 12.2. The Balaban J connectivity index is 2.49. The normalized spacial score (nSPS) is 23.3. The van der Waals surface area contributed by atoms with Crippen LogP contribution in [-0.4, -0.2) is 108 Å². The van der Waals surface area contributed by atoms with Crippen molar-refractivity contribution in [2.45, 2.75) is 281 Å². The van der Waals surface area contributed by atoms with E-state index in [1.165, 1.54) is 135 Å². The molecule has 1 fully saturated rings. The molecule has 0 aromatic heterocycles. The van der Waals surface area contributed by atoms with Crippen molar-refractivity contribution in [3.63, 3.8) is 0 Å². The topological polar surface area (TPSA) is 226 Å². The Bertz CT molecular complexity index is 1040. The molecule has 1 amide bonds. The fourth-order valence-corrected chi connectivity index (χ4v) is 9.16. The van der Waals surface area contributed by atoms with Crippen molar-refractivity contribution < 1.29 is 59.0 Å². The van der Waals surface area contributed by atoms with Gasteiger partial charge in [0.15, 0.2) is 0 Å². The average Bonchev–Trinajstić information content (AvgIpc) is 3.22. The van der Waals surface area contributed by atoms with Crippen LogP contribution in [0.5, 0.6) is 0 Å². The summed E-state index contributed by atoms with van der Waals surface area (Å²) in [6.07, 6.45) is 22.9. The zero-order chi connectivity index (χ0) is 44.4. The minimum absolute atomic E-state index is 0.216. The summed E-state index contributed by atoms with van der Waals surface area (Å²) in [7, 11) is -5.11. The van der Waals surface area contributed by atoms with Crippen molar-refractivity contribution >= 4 is 13.7 Å². The maximum atomic E-state index is 13.0. The number of nitrogens with one attached hydrogen (secondary N) is 1. The molecule has 9 N–H and O–H groups in total. The lowest BCUT2D eigenvalue weighted by molar-refractivity contribution is -0.220. The summed E-state index contributed by atoms with van der Waals surface area (Å²) in [6, 6.07) is -1.15. The number of amides is 1. The quantitative estimate of drug-likeness (QED) is 0.0208. The molecule has 1 rings (SSSR count). The van der Waals surface area contributed by atoms with E-state index < -0.39 is 75.2 Å². The first-order valence-electron chi connectivity index (χ1n) is 24.6. The van der Waals surface area contributed by atoms with Crippen LogP contribution in [0.4, 0.5) is 0 Å². The van der Waals surface area contributed by atoms with Crippen LogP contribution in [0.2, 0.25) is 0 Å². The van der Waals surface area contributed by atoms with E-state index in [1.807, 2.05) is 0 Å². The largest absolute Gasteiger partial charge is 0.472 e. The highest BCUT2D eigenvalue weighted by Gasteiger charge is 2.51. The summed E-state index contributed by atoms with van der Waals surface area (Å²) < 4.78 is 22.9. The highest BCUT2D eigenvalue weighted by atomic mass is 31.2. The van der Waals surface area contributed by atoms with Crippen LogP contribution >= 0.6 is 7.82 Å². The number of hydrogen-bond donors (Lipinski definition) is 9. The molecule has 60 heavy (non-hydrogen) atoms. The molecule has 0 spiro atoms. The van der Waals surface area contributed by atoms with Crippen molar-refractivity contribution in [2.75, 3.05) is 6.61 Å². The zero-order valence-corrected chi connectivity index (χ0v) is 38.8. The number of unbranched alkanes of at least 4 members (excludes halogenated alkanes) is 28. The fraction of sp³-hybridized carbons (Fsp3) is 0.978. The van der Waals surface area contributed by atoms with Gasteiger partial charge in [-0.2, -0.15) is 0 Å². The number of phosphoric ester groups is 1. The number of hydrogen-bond acceptors (Lipinski definition) is 11. The number of carbonyl (C=O) groups is 1. The molecule has 1 saturated carbocycles. The first-order valence-corrected chi connectivity index (χ1v) is 26.1. The average molecular weight is 882 g/mol. The molecular formula is C46H92NO12P. The molecule has 1 aliphatic carbocycles. The molecule has 8 unspecified atom stereocenters. The van der Waals surface area contributed by atoms with Gasteiger partial charge < -0.3 is 46.0 Å². The van der Waals surface area contributed by atoms with Crippen molar-refractivity contribution in [1.29, 1.82) is 0 Å². The van der Waals surface area contributed by atoms with Gasteiger partial charge in [0.2, 0.25) is 5.91 Å². The molecule has 13 nitrogen and oxygen atoms in total.